The molecule has 1 N–H and O–H groups in total. The maximum atomic E-state index is 14.4. The second-order valence-electron chi connectivity index (χ2n) is 5.89. The van der Waals surface area contributed by atoms with Gasteiger partial charge in [0.1, 0.15) is 5.82 Å². The van der Waals surface area contributed by atoms with Crippen molar-refractivity contribution in [2.75, 3.05) is 26.2 Å². The van der Waals surface area contributed by atoms with Crippen LogP contribution in [0, 0.1) is 12.7 Å². The van der Waals surface area contributed by atoms with Gasteiger partial charge in [-0.25, -0.2) is 4.39 Å². The van der Waals surface area contributed by atoms with Gasteiger partial charge in [0.15, 0.2) is 0 Å². The molecule has 0 radical (unpaired) electrons. The summed E-state index contributed by atoms with van der Waals surface area (Å²) in [5.74, 6) is -0.161. The molecule has 0 aliphatic carbocycles. The number of unbranched alkanes of at least 4 members (excludes halogenated alkanes) is 2. The summed E-state index contributed by atoms with van der Waals surface area (Å²) in [7, 11) is 0. The molecule has 0 amide bonds. The van der Waals surface area contributed by atoms with Crippen molar-refractivity contribution < 1.29 is 4.39 Å². The van der Waals surface area contributed by atoms with Gasteiger partial charge < -0.3 is 5.32 Å². The number of rotatable bonds is 6. The van der Waals surface area contributed by atoms with E-state index in [4.69, 9.17) is 11.6 Å². The molecule has 21 heavy (non-hydrogen) atoms. The van der Waals surface area contributed by atoms with Crippen LogP contribution in [0.1, 0.15) is 49.8 Å². The average Bonchev–Trinajstić information content (AvgIpc) is 2.51. The maximum absolute atomic E-state index is 14.4. The summed E-state index contributed by atoms with van der Waals surface area (Å²) >= 11 is 6.44. The van der Waals surface area contributed by atoms with Crippen molar-refractivity contribution in [3.8, 4) is 0 Å². The van der Waals surface area contributed by atoms with Crippen molar-refractivity contribution in [1.29, 1.82) is 0 Å². The molecule has 0 saturated carbocycles. The highest BCUT2D eigenvalue weighted by molar-refractivity contribution is 6.32. The highest BCUT2D eigenvalue weighted by Crippen LogP contribution is 2.35. The molecule has 1 aromatic carbocycles. The normalized spacial score (nSPS) is 17.9. The smallest absolute Gasteiger partial charge is 0.129 e. The Bertz CT molecular complexity index is 458. The van der Waals surface area contributed by atoms with Crippen LogP contribution in [-0.4, -0.2) is 31.1 Å². The van der Waals surface area contributed by atoms with Gasteiger partial charge in [-0.15, -0.1) is 0 Å². The molecule has 1 aliphatic heterocycles. The van der Waals surface area contributed by atoms with Crippen LogP contribution < -0.4 is 5.32 Å². The van der Waals surface area contributed by atoms with E-state index in [9.17, 15) is 4.39 Å². The van der Waals surface area contributed by atoms with E-state index in [0.717, 1.165) is 44.6 Å². The highest BCUT2D eigenvalue weighted by Gasteiger charge is 2.26. The number of benzene rings is 1. The largest absolute Gasteiger partial charge is 0.314 e. The zero-order valence-corrected chi connectivity index (χ0v) is 13.8. The van der Waals surface area contributed by atoms with Gasteiger partial charge in [0.2, 0.25) is 0 Å². The van der Waals surface area contributed by atoms with Gasteiger partial charge in [-0.05, 0) is 25.0 Å². The van der Waals surface area contributed by atoms with E-state index < -0.39 is 0 Å². The third-order valence-corrected chi connectivity index (χ3v) is 4.83. The van der Waals surface area contributed by atoms with Crippen LogP contribution in [0.15, 0.2) is 12.1 Å². The van der Waals surface area contributed by atoms with Crippen molar-refractivity contribution in [3.63, 3.8) is 0 Å². The van der Waals surface area contributed by atoms with Gasteiger partial charge in [0, 0.05) is 37.8 Å². The SMILES string of the molecule is CCCCC[C@@H](c1c(F)ccc(C)c1Cl)N1CCNCC1. The first-order chi connectivity index (χ1) is 10.1. The van der Waals surface area contributed by atoms with E-state index >= 15 is 0 Å². The van der Waals surface area contributed by atoms with Crippen molar-refractivity contribution in [2.24, 2.45) is 0 Å². The summed E-state index contributed by atoms with van der Waals surface area (Å²) in [4.78, 5) is 2.38. The van der Waals surface area contributed by atoms with Crippen LogP contribution in [-0.2, 0) is 0 Å². The number of aryl methyl sites for hydroxylation is 1. The number of piperazine rings is 1. The molecule has 2 nitrogen and oxygen atoms in total. The number of nitrogens with zero attached hydrogens (tertiary/aromatic N) is 1. The summed E-state index contributed by atoms with van der Waals surface area (Å²) < 4.78 is 14.4. The van der Waals surface area contributed by atoms with Crippen molar-refractivity contribution in [3.05, 3.63) is 34.1 Å². The second kappa shape index (κ2) is 8.11. The summed E-state index contributed by atoms with van der Waals surface area (Å²) in [6.07, 6.45) is 4.47. The van der Waals surface area contributed by atoms with Crippen molar-refractivity contribution >= 4 is 11.6 Å². The minimum absolute atomic E-state index is 0.103. The fourth-order valence-corrected chi connectivity index (χ4v) is 3.35. The molecular formula is C17H26ClFN2. The third-order valence-electron chi connectivity index (χ3n) is 4.33. The Morgan fingerprint density at radius 2 is 2.00 bits per heavy atom. The van der Waals surface area contributed by atoms with Crippen molar-refractivity contribution in [1.82, 2.24) is 10.2 Å². The number of nitrogens with one attached hydrogen (secondary N) is 1. The highest BCUT2D eigenvalue weighted by atomic mass is 35.5. The summed E-state index contributed by atoms with van der Waals surface area (Å²) in [5.41, 5.74) is 1.67. The Balaban J connectivity index is 2.27. The molecule has 118 valence electrons. The summed E-state index contributed by atoms with van der Waals surface area (Å²) in [5, 5.41) is 3.97. The van der Waals surface area contributed by atoms with Gasteiger partial charge in [0.25, 0.3) is 0 Å². The van der Waals surface area contributed by atoms with Gasteiger partial charge in [0.05, 0.1) is 5.02 Å². The van der Waals surface area contributed by atoms with E-state index in [0.29, 0.717) is 10.6 Å². The fourth-order valence-electron chi connectivity index (χ4n) is 3.07. The third kappa shape index (κ3) is 4.18. The van der Waals surface area contributed by atoms with Gasteiger partial charge >= 0.3 is 0 Å². The zero-order chi connectivity index (χ0) is 15.2. The van der Waals surface area contributed by atoms with Crippen LogP contribution >= 0.6 is 11.6 Å². The lowest BCUT2D eigenvalue weighted by Gasteiger charge is -2.36. The van der Waals surface area contributed by atoms with Gasteiger partial charge in [-0.2, -0.15) is 0 Å². The zero-order valence-electron chi connectivity index (χ0n) is 13.1. The van der Waals surface area contributed by atoms with Gasteiger partial charge in [-0.1, -0.05) is 43.9 Å². The standard InChI is InChI=1S/C17H26ClFN2/c1-3-4-5-6-15(21-11-9-20-10-12-21)16-14(19)8-7-13(2)17(16)18/h7-8,15,20H,3-6,9-12H2,1-2H3/t15-/m0/s1. The Morgan fingerprint density at radius 3 is 2.67 bits per heavy atom. The summed E-state index contributed by atoms with van der Waals surface area (Å²) in [6, 6.07) is 3.43. The molecule has 1 heterocycles. The molecule has 1 fully saturated rings. The number of hydrogen-bond acceptors (Lipinski definition) is 2. The first kappa shape index (κ1) is 16.7. The lowest BCUT2D eigenvalue weighted by Crippen LogP contribution is -2.45. The molecule has 1 saturated heterocycles. The Hall–Kier alpha value is -0.640. The quantitative estimate of drug-likeness (QED) is 0.787. The average molecular weight is 313 g/mol. The Kier molecular flexibility index (Phi) is 6.46. The van der Waals surface area contributed by atoms with Crippen LogP contribution in [0.25, 0.3) is 0 Å². The molecule has 2 rings (SSSR count). The molecular weight excluding hydrogens is 287 g/mol. The molecule has 0 spiro atoms. The van der Waals surface area contributed by atoms with E-state index in [1.165, 1.54) is 12.8 Å². The molecule has 1 aromatic rings. The molecule has 0 bridgehead atoms. The molecule has 0 aromatic heterocycles. The first-order valence-electron chi connectivity index (χ1n) is 8.04. The first-order valence-corrected chi connectivity index (χ1v) is 8.42. The maximum Gasteiger partial charge on any atom is 0.129 e. The van der Waals surface area contributed by atoms with Crippen LogP contribution in [0.2, 0.25) is 5.02 Å². The van der Waals surface area contributed by atoms with E-state index in [1.807, 2.05) is 6.92 Å². The fraction of sp³-hybridized carbons (Fsp3) is 0.647. The van der Waals surface area contributed by atoms with E-state index in [1.54, 1.807) is 12.1 Å². The molecule has 0 unspecified atom stereocenters. The number of hydrogen-bond donors (Lipinski definition) is 1. The van der Waals surface area contributed by atoms with Crippen molar-refractivity contribution in [2.45, 2.75) is 45.6 Å². The predicted molar refractivity (Wildman–Crippen MR) is 87.5 cm³/mol. The second-order valence-corrected chi connectivity index (χ2v) is 6.27. The molecule has 1 atom stereocenters. The van der Waals surface area contributed by atoms with Crippen LogP contribution in [0.5, 0.6) is 0 Å². The lowest BCUT2D eigenvalue weighted by atomic mass is 9.96. The Labute approximate surface area is 132 Å². The van der Waals surface area contributed by atoms with Crippen LogP contribution in [0.3, 0.4) is 0 Å². The summed E-state index contributed by atoms with van der Waals surface area (Å²) in [6.45, 7) is 8.00. The Morgan fingerprint density at radius 1 is 1.29 bits per heavy atom. The monoisotopic (exact) mass is 312 g/mol. The van der Waals surface area contributed by atoms with E-state index in [2.05, 4.69) is 17.1 Å². The predicted octanol–water partition coefficient (Wildman–Crippen LogP) is 4.31. The lowest BCUT2D eigenvalue weighted by molar-refractivity contribution is 0.159. The topological polar surface area (TPSA) is 15.3 Å². The molecule has 4 heteroatoms. The minimum atomic E-state index is -0.161. The van der Waals surface area contributed by atoms with E-state index in [-0.39, 0.29) is 11.9 Å². The van der Waals surface area contributed by atoms with Crippen LogP contribution in [0.4, 0.5) is 4.39 Å². The number of halogens is 2. The molecule has 1 aliphatic rings. The minimum Gasteiger partial charge on any atom is -0.314 e. The van der Waals surface area contributed by atoms with Gasteiger partial charge in [-0.3, -0.25) is 4.90 Å².